The van der Waals surface area contributed by atoms with Gasteiger partial charge in [0, 0.05) is 11.6 Å². The first kappa shape index (κ1) is 15.8. The molecule has 1 aliphatic carbocycles. The first-order chi connectivity index (χ1) is 12.1. The Kier molecular flexibility index (Phi) is 3.99. The summed E-state index contributed by atoms with van der Waals surface area (Å²) >= 11 is 0. The van der Waals surface area contributed by atoms with Gasteiger partial charge in [-0.1, -0.05) is 24.1 Å². The van der Waals surface area contributed by atoms with Gasteiger partial charge in [0.05, 0.1) is 18.1 Å². The molecule has 1 aromatic carbocycles. The molecule has 1 amide bonds. The van der Waals surface area contributed by atoms with Crippen LogP contribution in [-0.2, 0) is 4.79 Å². The maximum atomic E-state index is 13.2. The van der Waals surface area contributed by atoms with E-state index >= 15 is 0 Å². The summed E-state index contributed by atoms with van der Waals surface area (Å²) in [6, 6.07) is 6.42. The smallest absolute Gasteiger partial charge is 0.326 e. The molecule has 3 unspecified atom stereocenters. The number of fused-ring (bicyclic) bond motifs is 1. The number of rotatable bonds is 3. The van der Waals surface area contributed by atoms with Gasteiger partial charge < -0.3 is 10.0 Å². The van der Waals surface area contributed by atoms with Crippen molar-refractivity contribution in [1.29, 1.82) is 0 Å². The fourth-order valence-electron chi connectivity index (χ4n) is 4.25. The molecule has 7 heteroatoms. The van der Waals surface area contributed by atoms with Crippen molar-refractivity contribution >= 4 is 11.9 Å². The number of aromatic nitrogens is 3. The summed E-state index contributed by atoms with van der Waals surface area (Å²) in [5.74, 6) is -0.809. The van der Waals surface area contributed by atoms with Crippen molar-refractivity contribution in [2.75, 3.05) is 0 Å². The van der Waals surface area contributed by atoms with Gasteiger partial charge in [0.2, 0.25) is 0 Å². The van der Waals surface area contributed by atoms with E-state index in [0.29, 0.717) is 17.9 Å². The molecule has 2 heterocycles. The number of carbonyl (C=O) groups excluding carboxylic acids is 1. The van der Waals surface area contributed by atoms with E-state index in [4.69, 9.17) is 0 Å². The molecule has 7 nitrogen and oxygen atoms in total. The fourth-order valence-corrected chi connectivity index (χ4v) is 4.25. The standard InChI is InChI=1S/C18H20N4O3/c23-17(13-5-3-6-14(10-13)21-9-8-19-20-21)22-15-7-2-1-4-12(15)11-16(22)18(24)25/h3,5-6,8-10,12,15-16H,1-2,4,7,11H2,(H,24,25). The topological polar surface area (TPSA) is 88.3 Å². The Balaban J connectivity index is 1.67. The lowest BCUT2D eigenvalue weighted by molar-refractivity contribution is -0.141. The predicted octanol–water partition coefficient (Wildman–Crippen LogP) is 2.13. The Morgan fingerprint density at radius 1 is 1.20 bits per heavy atom. The summed E-state index contributed by atoms with van der Waals surface area (Å²) in [5.41, 5.74) is 1.22. The van der Waals surface area contributed by atoms with Crippen molar-refractivity contribution in [3.63, 3.8) is 0 Å². The van der Waals surface area contributed by atoms with Crippen molar-refractivity contribution < 1.29 is 14.7 Å². The highest BCUT2D eigenvalue weighted by molar-refractivity contribution is 5.97. The number of hydrogen-bond donors (Lipinski definition) is 1. The van der Waals surface area contributed by atoms with Gasteiger partial charge in [0.15, 0.2) is 0 Å². The van der Waals surface area contributed by atoms with Crippen LogP contribution in [-0.4, -0.2) is 49.0 Å². The van der Waals surface area contributed by atoms with Crippen LogP contribution in [0.2, 0.25) is 0 Å². The lowest BCUT2D eigenvalue weighted by atomic mass is 9.84. The summed E-state index contributed by atoms with van der Waals surface area (Å²) in [4.78, 5) is 26.5. The van der Waals surface area contributed by atoms with E-state index in [-0.39, 0.29) is 11.9 Å². The molecule has 0 bridgehead atoms. The third kappa shape index (κ3) is 2.79. The highest BCUT2D eigenvalue weighted by Crippen LogP contribution is 2.40. The number of aliphatic carboxylic acids is 1. The fraction of sp³-hybridized carbons (Fsp3) is 0.444. The number of benzene rings is 1. The number of likely N-dealkylation sites (tertiary alicyclic amines) is 1. The van der Waals surface area contributed by atoms with Crippen LogP contribution in [0.3, 0.4) is 0 Å². The number of amides is 1. The van der Waals surface area contributed by atoms with Crippen molar-refractivity contribution in [3.8, 4) is 5.69 Å². The average molecular weight is 340 g/mol. The first-order valence-corrected chi connectivity index (χ1v) is 8.67. The Labute approximate surface area is 145 Å². The Morgan fingerprint density at radius 3 is 2.80 bits per heavy atom. The Morgan fingerprint density at radius 2 is 2.04 bits per heavy atom. The molecule has 0 spiro atoms. The van der Waals surface area contributed by atoms with Crippen molar-refractivity contribution in [3.05, 3.63) is 42.2 Å². The molecule has 1 aromatic heterocycles. The maximum absolute atomic E-state index is 13.2. The molecule has 3 atom stereocenters. The van der Waals surface area contributed by atoms with Gasteiger partial charge in [-0.2, -0.15) is 0 Å². The summed E-state index contributed by atoms with van der Waals surface area (Å²) in [6.07, 6.45) is 7.92. The maximum Gasteiger partial charge on any atom is 0.326 e. The summed E-state index contributed by atoms with van der Waals surface area (Å²) in [6.45, 7) is 0. The average Bonchev–Trinajstić information content (AvgIpc) is 3.29. The molecule has 1 aliphatic heterocycles. The van der Waals surface area contributed by atoms with E-state index in [1.54, 1.807) is 40.2 Å². The zero-order valence-corrected chi connectivity index (χ0v) is 13.8. The molecule has 1 saturated heterocycles. The number of nitrogens with zero attached hydrogens (tertiary/aromatic N) is 4. The van der Waals surface area contributed by atoms with Gasteiger partial charge in [-0.15, -0.1) is 5.10 Å². The summed E-state index contributed by atoms with van der Waals surface area (Å²) in [7, 11) is 0. The Hall–Kier alpha value is -2.70. The minimum absolute atomic E-state index is 0.0392. The highest BCUT2D eigenvalue weighted by atomic mass is 16.4. The monoisotopic (exact) mass is 340 g/mol. The Bertz CT molecular complexity index is 789. The van der Waals surface area contributed by atoms with Crippen LogP contribution >= 0.6 is 0 Å². The van der Waals surface area contributed by atoms with Crippen molar-refractivity contribution in [2.45, 2.75) is 44.2 Å². The number of carbonyl (C=O) groups is 2. The molecule has 25 heavy (non-hydrogen) atoms. The van der Waals surface area contributed by atoms with Gasteiger partial charge in [0.25, 0.3) is 5.91 Å². The lowest BCUT2D eigenvalue weighted by Gasteiger charge is -2.33. The number of carboxylic acid groups (broad SMARTS) is 1. The van der Waals surface area contributed by atoms with Crippen LogP contribution in [0.1, 0.15) is 42.5 Å². The van der Waals surface area contributed by atoms with E-state index in [1.807, 2.05) is 6.07 Å². The van der Waals surface area contributed by atoms with Crippen LogP contribution < -0.4 is 0 Å². The van der Waals surface area contributed by atoms with E-state index in [1.165, 1.54) is 0 Å². The van der Waals surface area contributed by atoms with Gasteiger partial charge in [-0.05, 0) is 43.4 Å². The molecular formula is C18H20N4O3. The molecule has 2 fully saturated rings. The van der Waals surface area contributed by atoms with E-state index in [2.05, 4.69) is 10.3 Å². The van der Waals surface area contributed by atoms with E-state index < -0.39 is 12.0 Å². The minimum atomic E-state index is -0.907. The second kappa shape index (κ2) is 6.31. The quantitative estimate of drug-likeness (QED) is 0.924. The van der Waals surface area contributed by atoms with Crippen LogP contribution in [0, 0.1) is 5.92 Å². The summed E-state index contributed by atoms with van der Waals surface area (Å²) < 4.78 is 1.58. The minimum Gasteiger partial charge on any atom is -0.480 e. The largest absolute Gasteiger partial charge is 0.480 e. The third-order valence-corrected chi connectivity index (χ3v) is 5.39. The molecule has 2 aromatic rings. The predicted molar refractivity (Wildman–Crippen MR) is 89.3 cm³/mol. The van der Waals surface area contributed by atoms with Gasteiger partial charge in [-0.3, -0.25) is 4.79 Å². The zero-order valence-electron chi connectivity index (χ0n) is 13.8. The molecule has 4 rings (SSSR count). The van der Waals surface area contributed by atoms with Crippen LogP contribution in [0.15, 0.2) is 36.7 Å². The second-order valence-corrected chi connectivity index (χ2v) is 6.81. The summed E-state index contributed by atoms with van der Waals surface area (Å²) in [5, 5.41) is 17.3. The first-order valence-electron chi connectivity index (χ1n) is 8.67. The van der Waals surface area contributed by atoms with Crippen LogP contribution in [0.25, 0.3) is 5.69 Å². The molecule has 0 radical (unpaired) electrons. The van der Waals surface area contributed by atoms with Crippen molar-refractivity contribution in [1.82, 2.24) is 19.9 Å². The second-order valence-electron chi connectivity index (χ2n) is 6.81. The van der Waals surface area contributed by atoms with E-state index in [0.717, 1.165) is 31.4 Å². The molecule has 130 valence electrons. The SMILES string of the molecule is O=C(O)C1CC2CCCCC2N1C(=O)c1cccc(-n2ccnn2)c1. The van der Waals surface area contributed by atoms with Crippen LogP contribution in [0.4, 0.5) is 0 Å². The molecule has 1 saturated carbocycles. The van der Waals surface area contributed by atoms with Gasteiger partial charge >= 0.3 is 5.97 Å². The highest BCUT2D eigenvalue weighted by Gasteiger charge is 2.47. The van der Waals surface area contributed by atoms with Crippen LogP contribution in [0.5, 0.6) is 0 Å². The zero-order chi connectivity index (χ0) is 17.4. The molecule has 1 N–H and O–H groups in total. The molecular weight excluding hydrogens is 320 g/mol. The lowest BCUT2D eigenvalue weighted by Crippen LogP contribution is -2.46. The third-order valence-electron chi connectivity index (χ3n) is 5.39. The van der Waals surface area contributed by atoms with Gasteiger partial charge in [0.1, 0.15) is 6.04 Å². The number of hydrogen-bond acceptors (Lipinski definition) is 4. The normalized spacial score (nSPS) is 25.6. The van der Waals surface area contributed by atoms with Gasteiger partial charge in [-0.25, -0.2) is 9.48 Å². The van der Waals surface area contributed by atoms with Crippen molar-refractivity contribution in [2.24, 2.45) is 5.92 Å². The molecule has 2 aliphatic rings. The number of carboxylic acids is 1. The van der Waals surface area contributed by atoms with E-state index in [9.17, 15) is 14.7 Å².